The SMILES string of the molecule is CCCCCCCCCCCCCCCCOc1ccc(C(=O)Oc2ccc(N=Nc3cccnc3)cc2)cc1. The second kappa shape index (κ2) is 19.5. The first kappa shape index (κ1) is 31.0. The van der Waals surface area contributed by atoms with E-state index in [-0.39, 0.29) is 0 Å². The van der Waals surface area contributed by atoms with Gasteiger partial charge in [-0.15, -0.1) is 5.11 Å². The van der Waals surface area contributed by atoms with Crippen molar-refractivity contribution in [2.75, 3.05) is 6.61 Å². The molecule has 0 aliphatic carbocycles. The number of carbonyl (C=O) groups excluding carboxylic acids is 1. The van der Waals surface area contributed by atoms with Crippen molar-refractivity contribution in [1.82, 2.24) is 4.98 Å². The predicted molar refractivity (Wildman–Crippen MR) is 162 cm³/mol. The Kier molecular flexibility index (Phi) is 15.1. The van der Waals surface area contributed by atoms with Crippen LogP contribution in [0.1, 0.15) is 107 Å². The van der Waals surface area contributed by atoms with Crippen molar-refractivity contribution in [1.29, 1.82) is 0 Å². The number of azo groups is 1. The number of hydrogen-bond donors (Lipinski definition) is 0. The lowest BCUT2D eigenvalue weighted by atomic mass is 10.0. The Balaban J connectivity index is 1.23. The highest BCUT2D eigenvalue weighted by Gasteiger charge is 2.09. The van der Waals surface area contributed by atoms with Gasteiger partial charge in [-0.3, -0.25) is 4.98 Å². The maximum atomic E-state index is 12.5. The summed E-state index contributed by atoms with van der Waals surface area (Å²) in [5, 5.41) is 8.29. The molecule has 0 unspecified atom stereocenters. The molecule has 0 bridgehead atoms. The Hall–Kier alpha value is -3.54. The summed E-state index contributed by atoms with van der Waals surface area (Å²) in [7, 11) is 0. The Morgan fingerprint density at radius 1 is 0.650 bits per heavy atom. The molecule has 0 atom stereocenters. The van der Waals surface area contributed by atoms with E-state index in [1.165, 1.54) is 83.5 Å². The summed E-state index contributed by atoms with van der Waals surface area (Å²) in [6.45, 7) is 2.98. The lowest BCUT2D eigenvalue weighted by molar-refractivity contribution is 0.0734. The van der Waals surface area contributed by atoms with Crippen LogP contribution in [0.4, 0.5) is 11.4 Å². The second-order valence-electron chi connectivity index (χ2n) is 10.3. The molecule has 0 saturated heterocycles. The van der Waals surface area contributed by atoms with E-state index in [0.29, 0.717) is 29.3 Å². The number of aromatic nitrogens is 1. The molecule has 6 nitrogen and oxygen atoms in total. The summed E-state index contributed by atoms with van der Waals surface area (Å²) in [6.07, 6.45) is 22.1. The standard InChI is InChI=1S/C34H45N3O3/c1-2-3-4-5-6-7-8-9-10-11-12-13-14-15-27-39-32-22-18-29(19-23-32)34(38)40-33-24-20-30(21-25-33)36-37-31-17-16-26-35-28-31/h16-26,28H,2-15,27H2,1H3. The molecule has 0 aliphatic rings. The number of hydrogen-bond acceptors (Lipinski definition) is 6. The van der Waals surface area contributed by atoms with Crippen molar-refractivity contribution >= 4 is 17.3 Å². The Morgan fingerprint density at radius 2 is 1.20 bits per heavy atom. The molecular weight excluding hydrogens is 498 g/mol. The third-order valence-electron chi connectivity index (χ3n) is 6.83. The number of esters is 1. The fraction of sp³-hybridized carbons (Fsp3) is 0.471. The molecule has 3 aromatic rings. The molecular formula is C34H45N3O3. The zero-order chi connectivity index (χ0) is 28.1. The molecule has 1 heterocycles. The van der Waals surface area contributed by atoms with Crippen LogP contribution in [0.25, 0.3) is 0 Å². The van der Waals surface area contributed by atoms with Crippen LogP contribution in [0.15, 0.2) is 83.3 Å². The quantitative estimate of drug-likeness (QED) is 0.0615. The largest absolute Gasteiger partial charge is 0.494 e. The van der Waals surface area contributed by atoms with Crippen LogP contribution in [0.3, 0.4) is 0 Å². The smallest absolute Gasteiger partial charge is 0.343 e. The fourth-order valence-corrected chi connectivity index (χ4v) is 4.45. The summed E-state index contributed by atoms with van der Waals surface area (Å²) in [6, 6.07) is 17.6. The minimum atomic E-state index is -0.414. The van der Waals surface area contributed by atoms with Gasteiger partial charge in [0.05, 0.1) is 24.1 Å². The molecule has 6 heteroatoms. The van der Waals surface area contributed by atoms with Gasteiger partial charge in [0.1, 0.15) is 17.2 Å². The summed E-state index contributed by atoms with van der Waals surface area (Å²) < 4.78 is 11.3. The molecule has 0 spiro atoms. The summed E-state index contributed by atoms with van der Waals surface area (Å²) >= 11 is 0. The molecule has 214 valence electrons. The highest BCUT2D eigenvalue weighted by atomic mass is 16.5. The van der Waals surface area contributed by atoms with Crippen LogP contribution in [-0.4, -0.2) is 17.6 Å². The van der Waals surface area contributed by atoms with E-state index in [9.17, 15) is 4.79 Å². The molecule has 2 aromatic carbocycles. The molecule has 40 heavy (non-hydrogen) atoms. The maximum Gasteiger partial charge on any atom is 0.343 e. The van der Waals surface area contributed by atoms with Crippen LogP contribution < -0.4 is 9.47 Å². The highest BCUT2D eigenvalue weighted by molar-refractivity contribution is 5.91. The number of benzene rings is 2. The number of ether oxygens (including phenoxy) is 2. The van der Waals surface area contributed by atoms with Crippen molar-refractivity contribution in [2.24, 2.45) is 10.2 Å². The van der Waals surface area contributed by atoms with Crippen molar-refractivity contribution in [3.8, 4) is 11.5 Å². The molecule has 0 aliphatic heterocycles. The lowest BCUT2D eigenvalue weighted by Gasteiger charge is -2.08. The van der Waals surface area contributed by atoms with Crippen LogP contribution in [0.2, 0.25) is 0 Å². The third-order valence-corrected chi connectivity index (χ3v) is 6.83. The fourth-order valence-electron chi connectivity index (χ4n) is 4.45. The molecule has 0 radical (unpaired) electrons. The molecule has 0 saturated carbocycles. The topological polar surface area (TPSA) is 73.1 Å². The van der Waals surface area contributed by atoms with Crippen molar-refractivity contribution < 1.29 is 14.3 Å². The first-order chi connectivity index (χ1) is 19.7. The molecule has 3 rings (SSSR count). The number of unbranched alkanes of at least 4 members (excludes halogenated alkanes) is 13. The Morgan fingerprint density at radius 3 is 1.77 bits per heavy atom. The first-order valence-corrected chi connectivity index (χ1v) is 15.1. The number of pyridine rings is 1. The van der Waals surface area contributed by atoms with Crippen LogP contribution >= 0.6 is 0 Å². The maximum absolute atomic E-state index is 12.5. The van der Waals surface area contributed by atoms with Gasteiger partial charge in [0, 0.05) is 6.20 Å². The molecule has 0 amide bonds. The first-order valence-electron chi connectivity index (χ1n) is 15.1. The van der Waals surface area contributed by atoms with Gasteiger partial charge >= 0.3 is 5.97 Å². The van der Waals surface area contributed by atoms with E-state index in [1.54, 1.807) is 54.9 Å². The zero-order valence-corrected chi connectivity index (χ0v) is 24.1. The Bertz CT molecular complexity index is 1100. The number of nitrogens with zero attached hydrogens (tertiary/aromatic N) is 3. The van der Waals surface area contributed by atoms with E-state index in [4.69, 9.17) is 9.47 Å². The normalized spacial score (nSPS) is 11.1. The second-order valence-corrected chi connectivity index (χ2v) is 10.3. The summed E-state index contributed by atoms with van der Waals surface area (Å²) in [4.78, 5) is 16.5. The van der Waals surface area contributed by atoms with Gasteiger partial charge in [-0.2, -0.15) is 5.11 Å². The zero-order valence-electron chi connectivity index (χ0n) is 24.1. The van der Waals surface area contributed by atoms with Crippen LogP contribution in [0, 0.1) is 0 Å². The van der Waals surface area contributed by atoms with Gasteiger partial charge in [0.25, 0.3) is 0 Å². The van der Waals surface area contributed by atoms with Gasteiger partial charge in [0.2, 0.25) is 0 Å². The number of rotatable bonds is 20. The van der Waals surface area contributed by atoms with E-state index in [0.717, 1.165) is 12.2 Å². The third kappa shape index (κ3) is 13.0. The minimum absolute atomic E-state index is 0.414. The van der Waals surface area contributed by atoms with Crippen molar-refractivity contribution in [3.63, 3.8) is 0 Å². The average molecular weight is 544 g/mol. The Labute approximate surface area is 240 Å². The van der Waals surface area contributed by atoms with E-state index >= 15 is 0 Å². The number of carbonyl (C=O) groups is 1. The van der Waals surface area contributed by atoms with Gasteiger partial charge in [-0.05, 0) is 67.1 Å². The average Bonchev–Trinajstić information content (AvgIpc) is 2.99. The van der Waals surface area contributed by atoms with Crippen LogP contribution in [0.5, 0.6) is 11.5 Å². The van der Waals surface area contributed by atoms with Crippen molar-refractivity contribution in [3.05, 3.63) is 78.6 Å². The van der Waals surface area contributed by atoms with Gasteiger partial charge in [0.15, 0.2) is 0 Å². The minimum Gasteiger partial charge on any atom is -0.494 e. The van der Waals surface area contributed by atoms with Gasteiger partial charge < -0.3 is 9.47 Å². The van der Waals surface area contributed by atoms with Crippen LogP contribution in [-0.2, 0) is 0 Å². The molecule has 0 fully saturated rings. The van der Waals surface area contributed by atoms with Crippen molar-refractivity contribution in [2.45, 2.75) is 96.8 Å². The monoisotopic (exact) mass is 543 g/mol. The lowest BCUT2D eigenvalue weighted by Crippen LogP contribution is -2.08. The van der Waals surface area contributed by atoms with E-state index in [1.807, 2.05) is 18.2 Å². The van der Waals surface area contributed by atoms with E-state index < -0.39 is 5.97 Å². The molecule has 0 N–H and O–H groups in total. The van der Waals surface area contributed by atoms with Gasteiger partial charge in [-0.1, -0.05) is 90.4 Å². The van der Waals surface area contributed by atoms with Gasteiger partial charge in [-0.25, -0.2) is 4.79 Å². The predicted octanol–water partition coefficient (Wildman–Crippen LogP) is 10.6. The molecule has 1 aromatic heterocycles. The highest BCUT2D eigenvalue weighted by Crippen LogP contribution is 2.22. The van der Waals surface area contributed by atoms with E-state index in [2.05, 4.69) is 22.1 Å². The summed E-state index contributed by atoms with van der Waals surface area (Å²) in [5.41, 5.74) is 1.80. The summed E-state index contributed by atoms with van der Waals surface area (Å²) in [5.74, 6) is 0.807.